The minimum absolute atomic E-state index is 0.0201. The van der Waals surface area contributed by atoms with Crippen molar-refractivity contribution in [2.75, 3.05) is 19.6 Å². The van der Waals surface area contributed by atoms with Crippen molar-refractivity contribution in [1.29, 1.82) is 0 Å². The number of benzene rings is 1. The van der Waals surface area contributed by atoms with Gasteiger partial charge in [-0.15, -0.1) is 0 Å². The maximum Gasteiger partial charge on any atom is 0.400 e. The van der Waals surface area contributed by atoms with E-state index in [2.05, 4.69) is 5.73 Å². The van der Waals surface area contributed by atoms with Gasteiger partial charge in [0.2, 0.25) is 0 Å². The predicted octanol–water partition coefficient (Wildman–Crippen LogP) is 4.80. The molecule has 1 aliphatic heterocycles. The Labute approximate surface area is 169 Å². The van der Waals surface area contributed by atoms with E-state index in [9.17, 15) is 17.6 Å². The zero-order valence-corrected chi connectivity index (χ0v) is 16.4. The Morgan fingerprint density at radius 3 is 2.33 bits per heavy atom. The van der Waals surface area contributed by atoms with Gasteiger partial charge in [-0.3, -0.25) is 0 Å². The molecule has 1 saturated heterocycles. The SMILES string of the molecule is [NH3+]CC1C=CC(N2CCC(c3cc(Cl)c(Cl)c(Cl)c3)(C(F)(F)F)C2)=CC1F. The molecule has 0 spiro atoms. The molecule has 0 saturated carbocycles. The van der Waals surface area contributed by atoms with Crippen LogP contribution in [0.15, 0.2) is 36.1 Å². The normalized spacial score (nSPS) is 28.6. The van der Waals surface area contributed by atoms with E-state index in [-0.39, 0.29) is 46.1 Å². The maximum atomic E-state index is 14.2. The summed E-state index contributed by atoms with van der Waals surface area (Å²) in [6.07, 6.45) is -1.29. The van der Waals surface area contributed by atoms with Crippen molar-refractivity contribution in [3.05, 3.63) is 56.7 Å². The standard InChI is InChI=1S/C18H17Cl3F4N2/c19-13-5-11(6-14(20)16(13)21)17(18(23,24)25)3-4-27(9-17)12-2-1-10(8-26)15(22)7-12/h1-2,5-7,10,15H,3-4,8-9,26H2/p+1. The lowest BCUT2D eigenvalue weighted by molar-refractivity contribution is -0.377. The van der Waals surface area contributed by atoms with Crippen molar-refractivity contribution in [2.24, 2.45) is 5.92 Å². The first-order valence-electron chi connectivity index (χ1n) is 8.39. The smallest absolute Gasteiger partial charge is 0.370 e. The van der Waals surface area contributed by atoms with Crippen molar-refractivity contribution in [1.82, 2.24) is 4.90 Å². The Balaban J connectivity index is 1.97. The van der Waals surface area contributed by atoms with Crippen LogP contribution in [0.25, 0.3) is 0 Å². The average molecular weight is 445 g/mol. The first kappa shape index (κ1) is 20.8. The monoisotopic (exact) mass is 443 g/mol. The molecule has 3 unspecified atom stereocenters. The first-order chi connectivity index (χ1) is 12.6. The van der Waals surface area contributed by atoms with Gasteiger partial charge in [0.15, 0.2) is 0 Å². The molecule has 0 amide bonds. The van der Waals surface area contributed by atoms with Crippen LogP contribution in [0.5, 0.6) is 0 Å². The highest BCUT2D eigenvalue weighted by Gasteiger charge is 2.59. The number of alkyl halides is 4. The Morgan fingerprint density at radius 2 is 1.81 bits per heavy atom. The van der Waals surface area contributed by atoms with Gasteiger partial charge < -0.3 is 10.6 Å². The van der Waals surface area contributed by atoms with Crippen molar-refractivity contribution in [2.45, 2.75) is 24.2 Å². The summed E-state index contributed by atoms with van der Waals surface area (Å²) in [6.45, 7) is 0.174. The number of hydrogen-bond donors (Lipinski definition) is 1. The van der Waals surface area contributed by atoms with Crippen molar-refractivity contribution in [3.8, 4) is 0 Å². The number of halogens is 7. The number of hydrogen-bond acceptors (Lipinski definition) is 1. The van der Waals surface area contributed by atoms with Crippen LogP contribution in [0.1, 0.15) is 12.0 Å². The van der Waals surface area contributed by atoms with Crippen LogP contribution in [0.3, 0.4) is 0 Å². The number of nitrogens with zero attached hydrogens (tertiary/aromatic N) is 1. The predicted molar refractivity (Wildman–Crippen MR) is 98.8 cm³/mol. The minimum Gasteiger partial charge on any atom is -0.370 e. The van der Waals surface area contributed by atoms with E-state index in [1.165, 1.54) is 18.2 Å². The lowest BCUT2D eigenvalue weighted by atomic mass is 9.79. The molecule has 2 aliphatic rings. The second-order valence-electron chi connectivity index (χ2n) is 6.85. The van der Waals surface area contributed by atoms with E-state index in [4.69, 9.17) is 34.8 Å². The molecule has 1 aromatic rings. The van der Waals surface area contributed by atoms with E-state index in [0.717, 1.165) is 0 Å². The van der Waals surface area contributed by atoms with Crippen LogP contribution in [0.2, 0.25) is 15.1 Å². The van der Waals surface area contributed by atoms with Gasteiger partial charge in [0.25, 0.3) is 0 Å². The van der Waals surface area contributed by atoms with Crippen molar-refractivity contribution < 1.29 is 23.3 Å². The van der Waals surface area contributed by atoms with Gasteiger partial charge in [0.1, 0.15) is 11.6 Å². The van der Waals surface area contributed by atoms with Gasteiger partial charge in [-0.1, -0.05) is 40.9 Å². The van der Waals surface area contributed by atoms with Gasteiger partial charge in [-0.25, -0.2) is 4.39 Å². The first-order valence-corrected chi connectivity index (χ1v) is 9.52. The van der Waals surface area contributed by atoms with Crippen LogP contribution in [0, 0.1) is 5.92 Å². The van der Waals surface area contributed by atoms with Crippen molar-refractivity contribution in [3.63, 3.8) is 0 Å². The van der Waals surface area contributed by atoms with Gasteiger partial charge in [-0.05, 0) is 36.3 Å². The molecule has 3 rings (SSSR count). The van der Waals surface area contributed by atoms with Gasteiger partial charge in [-0.2, -0.15) is 13.2 Å². The fourth-order valence-electron chi connectivity index (χ4n) is 3.63. The van der Waals surface area contributed by atoms with Gasteiger partial charge >= 0.3 is 6.18 Å². The molecule has 0 aromatic heterocycles. The second kappa shape index (κ2) is 7.47. The molecule has 0 bridgehead atoms. The molecule has 148 valence electrons. The fraction of sp³-hybridized carbons (Fsp3) is 0.444. The summed E-state index contributed by atoms with van der Waals surface area (Å²) in [7, 11) is 0. The number of allylic oxidation sites excluding steroid dienone is 2. The third-order valence-corrected chi connectivity index (χ3v) is 6.50. The molecule has 1 aromatic carbocycles. The largest absolute Gasteiger partial charge is 0.400 e. The Morgan fingerprint density at radius 1 is 1.19 bits per heavy atom. The van der Waals surface area contributed by atoms with E-state index in [0.29, 0.717) is 12.2 Å². The summed E-state index contributed by atoms with van der Waals surface area (Å²) in [6, 6.07) is 2.43. The van der Waals surface area contributed by atoms with E-state index in [1.54, 1.807) is 17.1 Å². The minimum atomic E-state index is -4.54. The summed E-state index contributed by atoms with van der Waals surface area (Å²) in [5.41, 5.74) is 1.94. The highest BCUT2D eigenvalue weighted by molar-refractivity contribution is 6.48. The Bertz CT molecular complexity index is 770. The number of quaternary nitrogens is 1. The maximum absolute atomic E-state index is 14.2. The highest BCUT2D eigenvalue weighted by atomic mass is 35.5. The van der Waals surface area contributed by atoms with E-state index < -0.39 is 17.8 Å². The van der Waals surface area contributed by atoms with Crippen LogP contribution < -0.4 is 5.73 Å². The summed E-state index contributed by atoms with van der Waals surface area (Å²) < 4.78 is 56.6. The van der Waals surface area contributed by atoms with Crippen LogP contribution >= 0.6 is 34.8 Å². The average Bonchev–Trinajstić information content (AvgIpc) is 3.06. The molecule has 1 heterocycles. The molecule has 9 heteroatoms. The van der Waals surface area contributed by atoms with Gasteiger partial charge in [0.05, 0.1) is 27.5 Å². The molecular formula is C18H18Cl3F4N2+. The zero-order valence-electron chi connectivity index (χ0n) is 14.2. The lowest BCUT2D eigenvalue weighted by Crippen LogP contribution is -2.55. The summed E-state index contributed by atoms with van der Waals surface area (Å²) in [4.78, 5) is 1.55. The van der Waals surface area contributed by atoms with Gasteiger partial charge in [0, 0.05) is 18.8 Å². The molecule has 1 fully saturated rings. The molecule has 27 heavy (non-hydrogen) atoms. The lowest BCUT2D eigenvalue weighted by Gasteiger charge is -2.33. The number of likely N-dealkylation sites (tertiary alicyclic amines) is 1. The summed E-state index contributed by atoms with van der Waals surface area (Å²) >= 11 is 17.8. The third-order valence-electron chi connectivity index (χ3n) is 5.30. The summed E-state index contributed by atoms with van der Waals surface area (Å²) in [5.74, 6) is -0.349. The fourth-order valence-corrected chi connectivity index (χ4v) is 4.23. The van der Waals surface area contributed by atoms with Crippen LogP contribution in [-0.2, 0) is 5.41 Å². The van der Waals surface area contributed by atoms with E-state index >= 15 is 0 Å². The van der Waals surface area contributed by atoms with Crippen molar-refractivity contribution >= 4 is 34.8 Å². The molecular weight excluding hydrogens is 427 g/mol. The third kappa shape index (κ3) is 3.69. The summed E-state index contributed by atoms with van der Waals surface area (Å²) in [5, 5.41) is -0.0353. The van der Waals surface area contributed by atoms with Crippen LogP contribution in [0.4, 0.5) is 17.6 Å². The Hall–Kier alpha value is -0.950. The van der Waals surface area contributed by atoms with Crippen LogP contribution in [-0.4, -0.2) is 36.9 Å². The quantitative estimate of drug-likeness (QED) is 0.527. The topological polar surface area (TPSA) is 30.9 Å². The van der Waals surface area contributed by atoms with E-state index in [1.807, 2.05) is 0 Å². The highest BCUT2D eigenvalue weighted by Crippen LogP contribution is 2.50. The molecule has 2 nitrogen and oxygen atoms in total. The Kier molecular flexibility index (Phi) is 5.75. The zero-order chi connectivity index (χ0) is 20.0. The molecule has 0 radical (unpaired) electrons. The molecule has 1 aliphatic carbocycles. The molecule has 3 atom stereocenters. The molecule has 3 N–H and O–H groups in total. The number of rotatable bonds is 3. The second-order valence-corrected chi connectivity index (χ2v) is 8.05.